The van der Waals surface area contributed by atoms with Crippen molar-refractivity contribution in [2.24, 2.45) is 0 Å². The van der Waals surface area contributed by atoms with E-state index in [-0.39, 0.29) is 11.6 Å². The highest BCUT2D eigenvalue weighted by Crippen LogP contribution is 2.28. The number of benzene rings is 1. The number of aryl methyl sites for hydroxylation is 1. The number of rotatable bonds is 3. The number of halogens is 3. The van der Waals surface area contributed by atoms with Gasteiger partial charge in [-0.15, -0.1) is 0 Å². The van der Waals surface area contributed by atoms with Crippen molar-refractivity contribution in [1.29, 1.82) is 0 Å². The Hall–Kier alpha value is -2.11. The summed E-state index contributed by atoms with van der Waals surface area (Å²) in [4.78, 5) is 7.32. The lowest BCUT2D eigenvalue weighted by Crippen LogP contribution is -2.12. The van der Waals surface area contributed by atoms with Crippen LogP contribution in [-0.4, -0.2) is 9.97 Å². The van der Waals surface area contributed by atoms with Gasteiger partial charge in [0.15, 0.2) is 0 Å². The Bertz CT molecular complexity index is 553. The van der Waals surface area contributed by atoms with Crippen LogP contribution in [0.5, 0.6) is 0 Å². The molecule has 0 unspecified atom stereocenters. The number of aromatic nitrogens is 2. The quantitative estimate of drug-likeness (QED) is 0.926. The third-order valence-corrected chi connectivity index (χ3v) is 2.44. The fraction of sp³-hybridized carbons (Fsp3) is 0.231. The zero-order chi connectivity index (χ0) is 13.9. The Kier molecular flexibility index (Phi) is 3.69. The minimum absolute atomic E-state index is 0.0883. The smallest absolute Gasteiger partial charge is 0.366 e. The van der Waals surface area contributed by atoms with Crippen LogP contribution in [0.25, 0.3) is 0 Å². The Morgan fingerprint density at radius 2 is 1.79 bits per heavy atom. The van der Waals surface area contributed by atoms with Crippen LogP contribution in [0.4, 0.5) is 19.0 Å². The molecule has 0 radical (unpaired) electrons. The van der Waals surface area contributed by atoms with Gasteiger partial charge in [0.1, 0.15) is 17.3 Å². The molecule has 0 atom stereocenters. The first-order valence-electron chi connectivity index (χ1n) is 5.66. The molecule has 3 nitrogen and oxygen atoms in total. The van der Waals surface area contributed by atoms with Gasteiger partial charge in [0.05, 0.1) is 0 Å². The van der Waals surface area contributed by atoms with Crippen LogP contribution in [0.3, 0.4) is 0 Å². The molecular formula is C13H12F3N3. The van der Waals surface area contributed by atoms with Crippen LogP contribution < -0.4 is 5.32 Å². The van der Waals surface area contributed by atoms with Crippen LogP contribution in [0.1, 0.15) is 17.1 Å². The van der Waals surface area contributed by atoms with E-state index < -0.39 is 11.9 Å². The van der Waals surface area contributed by atoms with Crippen molar-refractivity contribution in [2.75, 3.05) is 5.32 Å². The summed E-state index contributed by atoms with van der Waals surface area (Å²) in [6.07, 6.45) is -4.46. The number of nitrogens with zero attached hydrogens (tertiary/aromatic N) is 2. The topological polar surface area (TPSA) is 37.8 Å². The molecule has 1 aromatic heterocycles. The molecule has 1 N–H and O–H groups in total. The molecule has 6 heteroatoms. The van der Waals surface area contributed by atoms with Gasteiger partial charge in [0.25, 0.3) is 0 Å². The zero-order valence-electron chi connectivity index (χ0n) is 10.2. The van der Waals surface area contributed by atoms with Gasteiger partial charge in [0.2, 0.25) is 0 Å². The van der Waals surface area contributed by atoms with E-state index in [1.807, 2.05) is 30.3 Å². The molecule has 2 rings (SSSR count). The summed E-state index contributed by atoms with van der Waals surface area (Å²) in [6.45, 7) is 1.84. The summed E-state index contributed by atoms with van der Waals surface area (Å²) in [5, 5.41) is 2.86. The van der Waals surface area contributed by atoms with Crippen LogP contribution >= 0.6 is 0 Å². The number of nitrogens with one attached hydrogen (secondary N) is 1. The SMILES string of the molecule is Cc1nc(NCc2ccccc2)cc(C(F)(F)F)n1. The lowest BCUT2D eigenvalue weighted by Gasteiger charge is -2.10. The first kappa shape index (κ1) is 13.3. The van der Waals surface area contributed by atoms with Crippen LogP contribution in [0, 0.1) is 6.92 Å². The molecule has 0 fully saturated rings. The van der Waals surface area contributed by atoms with E-state index in [0.717, 1.165) is 11.6 Å². The third-order valence-electron chi connectivity index (χ3n) is 2.44. The molecule has 0 aliphatic heterocycles. The highest BCUT2D eigenvalue weighted by Gasteiger charge is 2.33. The second kappa shape index (κ2) is 5.26. The van der Waals surface area contributed by atoms with Gasteiger partial charge in [0, 0.05) is 12.6 Å². The first-order chi connectivity index (χ1) is 8.95. The Balaban J connectivity index is 2.15. The minimum Gasteiger partial charge on any atom is -0.366 e. The molecule has 1 aromatic carbocycles. The van der Waals surface area contributed by atoms with Crippen molar-refractivity contribution >= 4 is 5.82 Å². The van der Waals surface area contributed by atoms with Crippen molar-refractivity contribution in [3.8, 4) is 0 Å². The van der Waals surface area contributed by atoms with E-state index in [9.17, 15) is 13.2 Å². The summed E-state index contributed by atoms with van der Waals surface area (Å²) in [7, 11) is 0. The average molecular weight is 267 g/mol. The average Bonchev–Trinajstić information content (AvgIpc) is 2.36. The second-order valence-electron chi connectivity index (χ2n) is 4.02. The van der Waals surface area contributed by atoms with Gasteiger partial charge < -0.3 is 5.32 Å². The van der Waals surface area contributed by atoms with Crippen LogP contribution in [0.2, 0.25) is 0 Å². The van der Waals surface area contributed by atoms with Gasteiger partial charge in [-0.2, -0.15) is 13.2 Å². The summed E-state index contributed by atoms with van der Waals surface area (Å²) >= 11 is 0. The largest absolute Gasteiger partial charge is 0.433 e. The van der Waals surface area contributed by atoms with Gasteiger partial charge in [-0.3, -0.25) is 0 Å². The monoisotopic (exact) mass is 267 g/mol. The number of alkyl halides is 3. The molecule has 0 bridgehead atoms. The standard InChI is InChI=1S/C13H12F3N3/c1-9-18-11(13(14,15)16)7-12(19-9)17-8-10-5-3-2-4-6-10/h2-7H,8H2,1H3,(H,17,18,19). The third kappa shape index (κ3) is 3.67. The van der Waals surface area contributed by atoms with Gasteiger partial charge in [-0.1, -0.05) is 30.3 Å². The summed E-state index contributed by atoms with van der Waals surface area (Å²) < 4.78 is 37.8. The normalized spacial score (nSPS) is 11.4. The predicted molar refractivity (Wildman–Crippen MR) is 65.5 cm³/mol. The minimum atomic E-state index is -4.46. The van der Waals surface area contributed by atoms with Crippen molar-refractivity contribution in [2.45, 2.75) is 19.6 Å². The molecule has 0 aliphatic carbocycles. The number of anilines is 1. The Labute approximate surface area is 108 Å². The van der Waals surface area contributed by atoms with Crippen molar-refractivity contribution in [3.05, 3.63) is 53.5 Å². The van der Waals surface area contributed by atoms with E-state index in [4.69, 9.17) is 0 Å². The van der Waals surface area contributed by atoms with E-state index in [1.54, 1.807) is 0 Å². The maximum absolute atomic E-state index is 12.6. The van der Waals surface area contributed by atoms with Crippen molar-refractivity contribution in [3.63, 3.8) is 0 Å². The fourth-order valence-corrected chi connectivity index (χ4v) is 1.59. The fourth-order valence-electron chi connectivity index (χ4n) is 1.59. The van der Waals surface area contributed by atoms with E-state index in [1.165, 1.54) is 6.92 Å². The number of hydrogen-bond donors (Lipinski definition) is 1. The second-order valence-corrected chi connectivity index (χ2v) is 4.02. The molecule has 0 amide bonds. The van der Waals surface area contributed by atoms with Gasteiger partial charge in [-0.25, -0.2) is 9.97 Å². The summed E-state index contributed by atoms with van der Waals surface area (Å²) in [5.74, 6) is 0.258. The molecule has 1 heterocycles. The van der Waals surface area contributed by atoms with Crippen molar-refractivity contribution in [1.82, 2.24) is 9.97 Å². The zero-order valence-corrected chi connectivity index (χ0v) is 10.2. The first-order valence-corrected chi connectivity index (χ1v) is 5.66. The summed E-state index contributed by atoms with van der Waals surface area (Å²) in [6, 6.07) is 10.3. The Morgan fingerprint density at radius 1 is 1.11 bits per heavy atom. The van der Waals surface area contributed by atoms with Gasteiger partial charge >= 0.3 is 6.18 Å². The van der Waals surface area contributed by atoms with E-state index >= 15 is 0 Å². The maximum atomic E-state index is 12.6. The highest BCUT2D eigenvalue weighted by molar-refractivity contribution is 5.38. The summed E-state index contributed by atoms with van der Waals surface area (Å²) in [5.41, 5.74) is 0.0304. The molecular weight excluding hydrogens is 255 g/mol. The highest BCUT2D eigenvalue weighted by atomic mass is 19.4. The molecule has 2 aromatic rings. The lowest BCUT2D eigenvalue weighted by molar-refractivity contribution is -0.141. The molecule has 0 aliphatic rings. The predicted octanol–water partition coefficient (Wildman–Crippen LogP) is 3.42. The Morgan fingerprint density at radius 3 is 2.42 bits per heavy atom. The molecule has 0 spiro atoms. The molecule has 100 valence electrons. The van der Waals surface area contributed by atoms with Crippen molar-refractivity contribution < 1.29 is 13.2 Å². The van der Waals surface area contributed by atoms with Crippen LogP contribution in [0.15, 0.2) is 36.4 Å². The molecule has 0 saturated carbocycles. The molecule has 19 heavy (non-hydrogen) atoms. The molecule has 0 saturated heterocycles. The van der Waals surface area contributed by atoms with Gasteiger partial charge in [-0.05, 0) is 12.5 Å². The lowest BCUT2D eigenvalue weighted by atomic mass is 10.2. The van der Waals surface area contributed by atoms with E-state index in [0.29, 0.717) is 6.54 Å². The maximum Gasteiger partial charge on any atom is 0.433 e. The number of hydrogen-bond acceptors (Lipinski definition) is 3. The van der Waals surface area contributed by atoms with Crippen LogP contribution in [-0.2, 0) is 12.7 Å². The van der Waals surface area contributed by atoms with E-state index in [2.05, 4.69) is 15.3 Å².